The van der Waals surface area contributed by atoms with Crippen molar-refractivity contribution in [2.75, 3.05) is 0 Å². The maximum absolute atomic E-state index is 4.99. The molecule has 0 spiro atoms. The molecule has 6 aromatic carbocycles. The number of aromatic nitrogens is 4. The van der Waals surface area contributed by atoms with Crippen LogP contribution in [-0.2, 0) is 0 Å². The Labute approximate surface area is 255 Å². The standard InChI is InChI=1S/C40H26N4/c1-3-13-27(14-4-1)38-42-39(28-15-5-2-6-16-28)44-40(43-38)30-18-11-17-29(25-30)36-34-22-9-7-20-32(34)33-21-8-10-23-35(33)37(36)31-19-12-24-41-26-31/h1-26H. The van der Waals surface area contributed by atoms with Crippen LogP contribution < -0.4 is 0 Å². The molecule has 8 aromatic rings. The van der Waals surface area contributed by atoms with E-state index < -0.39 is 0 Å². The highest BCUT2D eigenvalue weighted by molar-refractivity contribution is 6.21. The van der Waals surface area contributed by atoms with Crippen LogP contribution in [-0.4, -0.2) is 19.9 Å². The monoisotopic (exact) mass is 562 g/mol. The molecule has 0 bridgehead atoms. The minimum Gasteiger partial charge on any atom is -0.264 e. The molecule has 0 unspecified atom stereocenters. The Kier molecular flexibility index (Phi) is 6.43. The Balaban J connectivity index is 1.39. The first-order valence-electron chi connectivity index (χ1n) is 14.6. The molecule has 4 heteroatoms. The van der Waals surface area contributed by atoms with E-state index in [1.54, 1.807) is 0 Å². The van der Waals surface area contributed by atoms with Crippen LogP contribution in [0.2, 0.25) is 0 Å². The third kappa shape index (κ3) is 4.59. The van der Waals surface area contributed by atoms with Gasteiger partial charge in [-0.05, 0) is 50.4 Å². The highest BCUT2D eigenvalue weighted by Gasteiger charge is 2.19. The first-order valence-corrected chi connectivity index (χ1v) is 14.6. The van der Waals surface area contributed by atoms with E-state index in [9.17, 15) is 0 Å². The fourth-order valence-electron chi connectivity index (χ4n) is 6.00. The summed E-state index contributed by atoms with van der Waals surface area (Å²) in [6, 6.07) is 50.1. The Morgan fingerprint density at radius 1 is 0.318 bits per heavy atom. The molecule has 2 aromatic heterocycles. The van der Waals surface area contributed by atoms with Gasteiger partial charge in [0.1, 0.15) is 0 Å². The van der Waals surface area contributed by atoms with Crippen LogP contribution in [0.5, 0.6) is 0 Å². The van der Waals surface area contributed by atoms with Gasteiger partial charge in [0.15, 0.2) is 17.5 Å². The maximum Gasteiger partial charge on any atom is 0.164 e. The lowest BCUT2D eigenvalue weighted by Gasteiger charge is -2.18. The zero-order valence-electron chi connectivity index (χ0n) is 23.8. The Hall–Kier alpha value is -6.00. The van der Waals surface area contributed by atoms with Gasteiger partial charge in [-0.25, -0.2) is 15.0 Å². The fourth-order valence-corrected chi connectivity index (χ4v) is 6.00. The molecule has 0 N–H and O–H groups in total. The van der Waals surface area contributed by atoms with Gasteiger partial charge in [0, 0.05) is 34.6 Å². The van der Waals surface area contributed by atoms with Crippen LogP contribution in [0.4, 0.5) is 0 Å². The molecule has 0 aliphatic rings. The second-order valence-electron chi connectivity index (χ2n) is 10.7. The first-order chi connectivity index (χ1) is 21.8. The lowest BCUT2D eigenvalue weighted by molar-refractivity contribution is 1.07. The summed E-state index contributed by atoms with van der Waals surface area (Å²) in [6.45, 7) is 0. The summed E-state index contributed by atoms with van der Waals surface area (Å²) in [6.07, 6.45) is 3.77. The maximum atomic E-state index is 4.99. The van der Waals surface area contributed by atoms with Gasteiger partial charge in [-0.2, -0.15) is 0 Å². The van der Waals surface area contributed by atoms with E-state index in [4.69, 9.17) is 15.0 Å². The fraction of sp³-hybridized carbons (Fsp3) is 0. The topological polar surface area (TPSA) is 51.6 Å². The third-order valence-corrected chi connectivity index (χ3v) is 7.99. The second-order valence-corrected chi connectivity index (χ2v) is 10.7. The van der Waals surface area contributed by atoms with Crippen LogP contribution in [0, 0.1) is 0 Å². The molecule has 0 atom stereocenters. The molecule has 0 saturated carbocycles. The summed E-state index contributed by atoms with van der Waals surface area (Å²) in [5.41, 5.74) is 7.31. The molecular formula is C40H26N4. The van der Waals surface area contributed by atoms with Crippen molar-refractivity contribution in [3.63, 3.8) is 0 Å². The third-order valence-electron chi connectivity index (χ3n) is 7.99. The van der Waals surface area contributed by atoms with Crippen molar-refractivity contribution in [2.45, 2.75) is 0 Å². The van der Waals surface area contributed by atoms with E-state index in [0.29, 0.717) is 17.5 Å². The van der Waals surface area contributed by atoms with Crippen molar-refractivity contribution < 1.29 is 0 Å². The summed E-state index contributed by atoms with van der Waals surface area (Å²) in [7, 11) is 0. The van der Waals surface area contributed by atoms with Crippen LogP contribution >= 0.6 is 0 Å². The molecule has 44 heavy (non-hydrogen) atoms. The van der Waals surface area contributed by atoms with Gasteiger partial charge in [-0.1, -0.05) is 133 Å². The predicted molar refractivity (Wildman–Crippen MR) is 180 cm³/mol. The molecule has 0 aliphatic heterocycles. The summed E-state index contributed by atoms with van der Waals surface area (Å²) >= 11 is 0. The number of hydrogen-bond acceptors (Lipinski definition) is 4. The zero-order chi connectivity index (χ0) is 29.3. The van der Waals surface area contributed by atoms with Gasteiger partial charge in [-0.15, -0.1) is 0 Å². The van der Waals surface area contributed by atoms with Gasteiger partial charge in [0.05, 0.1) is 0 Å². The number of benzene rings is 6. The molecule has 0 aliphatic carbocycles. The SMILES string of the molecule is c1ccc(-c2nc(-c3ccccc3)nc(-c3cccc(-c4c(-c5cccnc5)c5ccccc5c5ccccc45)c3)n2)cc1. The average Bonchev–Trinajstić information content (AvgIpc) is 3.12. The lowest BCUT2D eigenvalue weighted by atomic mass is 9.85. The highest BCUT2D eigenvalue weighted by Crippen LogP contribution is 2.44. The number of hydrogen-bond donors (Lipinski definition) is 0. The van der Waals surface area contributed by atoms with E-state index >= 15 is 0 Å². The summed E-state index contributed by atoms with van der Waals surface area (Å²) in [5.74, 6) is 1.92. The summed E-state index contributed by atoms with van der Waals surface area (Å²) in [4.78, 5) is 19.4. The van der Waals surface area contributed by atoms with E-state index in [1.165, 1.54) is 21.5 Å². The Bertz CT molecular complexity index is 2210. The summed E-state index contributed by atoms with van der Waals surface area (Å²) < 4.78 is 0. The van der Waals surface area contributed by atoms with Gasteiger partial charge in [0.2, 0.25) is 0 Å². The molecular weight excluding hydrogens is 536 g/mol. The predicted octanol–water partition coefficient (Wildman–Crippen LogP) is 9.91. The largest absolute Gasteiger partial charge is 0.264 e. The van der Waals surface area contributed by atoms with Gasteiger partial charge in [0.25, 0.3) is 0 Å². The molecule has 206 valence electrons. The molecule has 0 saturated heterocycles. The van der Waals surface area contributed by atoms with E-state index in [1.807, 2.05) is 79.1 Å². The quantitative estimate of drug-likeness (QED) is 0.196. The highest BCUT2D eigenvalue weighted by atomic mass is 15.0. The van der Waals surface area contributed by atoms with E-state index in [2.05, 4.69) is 83.8 Å². The van der Waals surface area contributed by atoms with Crippen molar-refractivity contribution in [2.24, 2.45) is 0 Å². The Morgan fingerprint density at radius 3 is 1.30 bits per heavy atom. The van der Waals surface area contributed by atoms with E-state index in [-0.39, 0.29) is 0 Å². The molecule has 4 nitrogen and oxygen atoms in total. The summed E-state index contributed by atoms with van der Waals surface area (Å²) in [5, 5.41) is 4.82. The van der Waals surface area contributed by atoms with Crippen molar-refractivity contribution in [3.8, 4) is 56.4 Å². The van der Waals surface area contributed by atoms with Crippen LogP contribution in [0.15, 0.2) is 158 Å². The van der Waals surface area contributed by atoms with E-state index in [0.717, 1.165) is 38.9 Å². The number of nitrogens with zero attached hydrogens (tertiary/aromatic N) is 4. The lowest BCUT2D eigenvalue weighted by Crippen LogP contribution is -2.00. The number of fused-ring (bicyclic) bond motifs is 3. The number of pyridine rings is 1. The van der Waals surface area contributed by atoms with Crippen LogP contribution in [0.1, 0.15) is 0 Å². The second kappa shape index (κ2) is 11.0. The van der Waals surface area contributed by atoms with Gasteiger partial charge in [-0.3, -0.25) is 4.98 Å². The molecule has 0 amide bonds. The Morgan fingerprint density at radius 2 is 0.750 bits per heavy atom. The van der Waals surface area contributed by atoms with Crippen LogP contribution in [0.3, 0.4) is 0 Å². The van der Waals surface area contributed by atoms with Crippen molar-refractivity contribution in [1.82, 2.24) is 19.9 Å². The minimum atomic E-state index is 0.632. The average molecular weight is 563 g/mol. The molecule has 0 radical (unpaired) electrons. The van der Waals surface area contributed by atoms with Crippen molar-refractivity contribution in [1.29, 1.82) is 0 Å². The minimum absolute atomic E-state index is 0.632. The first kappa shape index (κ1) is 25.7. The van der Waals surface area contributed by atoms with Gasteiger partial charge >= 0.3 is 0 Å². The van der Waals surface area contributed by atoms with Crippen molar-refractivity contribution in [3.05, 3.63) is 158 Å². The van der Waals surface area contributed by atoms with Gasteiger partial charge < -0.3 is 0 Å². The molecule has 0 fully saturated rings. The smallest absolute Gasteiger partial charge is 0.164 e. The normalized spacial score (nSPS) is 11.2. The molecule has 8 rings (SSSR count). The number of rotatable bonds is 5. The zero-order valence-corrected chi connectivity index (χ0v) is 23.8. The van der Waals surface area contributed by atoms with Crippen LogP contribution in [0.25, 0.3) is 78.0 Å². The molecule has 2 heterocycles. The van der Waals surface area contributed by atoms with Crippen molar-refractivity contribution >= 4 is 21.5 Å².